The molecule has 0 bridgehead atoms. The number of ether oxygens (including phenoxy) is 1. The number of methoxy groups -OCH3 is 1. The molecule has 7 heteroatoms. The largest absolute Gasteiger partial charge is 0.497 e. The number of aromatic nitrogens is 1. The molecule has 0 unspecified atom stereocenters. The highest BCUT2D eigenvalue weighted by Crippen LogP contribution is 2.33. The lowest BCUT2D eigenvalue weighted by Gasteiger charge is -2.12. The molecule has 0 saturated carbocycles. The summed E-state index contributed by atoms with van der Waals surface area (Å²) in [6.45, 7) is 0.884. The second-order valence-corrected chi connectivity index (χ2v) is 8.49. The summed E-state index contributed by atoms with van der Waals surface area (Å²) in [5.41, 5.74) is 3.70. The average molecular weight is 517 g/mol. The van der Waals surface area contributed by atoms with Gasteiger partial charge in [-0.2, -0.15) is 0 Å². The van der Waals surface area contributed by atoms with E-state index in [-0.39, 0.29) is 0 Å². The summed E-state index contributed by atoms with van der Waals surface area (Å²) in [6, 6.07) is 20.1. The molecule has 148 valence electrons. The van der Waals surface area contributed by atoms with Gasteiger partial charge in [-0.15, -0.1) is 0 Å². The number of hydrogen-bond acceptors (Lipinski definition) is 4. The summed E-state index contributed by atoms with van der Waals surface area (Å²) in [5.74, 6) is 0.774. The van der Waals surface area contributed by atoms with Gasteiger partial charge in [0.25, 0.3) is 0 Å². The quantitative estimate of drug-likeness (QED) is 0.180. The van der Waals surface area contributed by atoms with Gasteiger partial charge in [0.05, 0.1) is 25.9 Å². The number of oxime groups is 1. The van der Waals surface area contributed by atoms with E-state index in [1.165, 1.54) is 0 Å². The third-order valence-electron chi connectivity index (χ3n) is 4.84. The van der Waals surface area contributed by atoms with Crippen molar-refractivity contribution in [2.75, 3.05) is 19.0 Å². The van der Waals surface area contributed by atoms with Crippen LogP contribution in [0, 0.1) is 0 Å². The maximum Gasteiger partial charge on any atom is 0.120 e. The standard InChI is InChI=1S/C22H19Br2N3O2/c1-29-18-4-2-3-16(11-18)25-12-17(26-28)13-27-21-7-5-14(23)9-19(21)20-10-15(24)6-8-22(20)27/h2-11,25,28H,12-13H2,1H3/b26-17+. The summed E-state index contributed by atoms with van der Waals surface area (Å²) in [4.78, 5) is 0. The molecule has 4 rings (SSSR count). The van der Waals surface area contributed by atoms with E-state index in [1.807, 2.05) is 36.4 Å². The minimum atomic E-state index is 0.415. The second-order valence-electron chi connectivity index (χ2n) is 6.66. The third-order valence-corrected chi connectivity index (χ3v) is 5.82. The molecule has 0 spiro atoms. The van der Waals surface area contributed by atoms with Gasteiger partial charge in [-0.25, -0.2) is 0 Å². The van der Waals surface area contributed by atoms with Gasteiger partial charge in [0.15, 0.2) is 0 Å². The van der Waals surface area contributed by atoms with E-state index in [2.05, 4.69) is 71.2 Å². The first-order chi connectivity index (χ1) is 14.1. The van der Waals surface area contributed by atoms with Crippen LogP contribution in [0.4, 0.5) is 5.69 Å². The molecule has 5 nitrogen and oxygen atoms in total. The number of halogens is 2. The highest BCUT2D eigenvalue weighted by Gasteiger charge is 2.14. The van der Waals surface area contributed by atoms with Crippen LogP contribution < -0.4 is 10.1 Å². The Morgan fingerprint density at radius 1 is 1.00 bits per heavy atom. The van der Waals surface area contributed by atoms with E-state index in [1.54, 1.807) is 7.11 Å². The van der Waals surface area contributed by atoms with Crippen LogP contribution >= 0.6 is 31.9 Å². The van der Waals surface area contributed by atoms with Crippen molar-refractivity contribution in [2.45, 2.75) is 6.54 Å². The molecule has 1 heterocycles. The molecule has 29 heavy (non-hydrogen) atoms. The summed E-state index contributed by atoms with van der Waals surface area (Å²) >= 11 is 7.14. The zero-order valence-electron chi connectivity index (χ0n) is 15.7. The fourth-order valence-electron chi connectivity index (χ4n) is 3.46. The molecular weight excluding hydrogens is 498 g/mol. The van der Waals surface area contributed by atoms with E-state index in [9.17, 15) is 5.21 Å². The molecule has 2 N–H and O–H groups in total. The Morgan fingerprint density at radius 3 is 2.24 bits per heavy atom. The molecule has 0 atom stereocenters. The fraction of sp³-hybridized carbons (Fsp3) is 0.136. The van der Waals surface area contributed by atoms with E-state index < -0.39 is 0 Å². The van der Waals surface area contributed by atoms with Gasteiger partial charge in [-0.05, 0) is 48.5 Å². The Labute approximate surface area is 185 Å². The van der Waals surface area contributed by atoms with Gasteiger partial charge in [0, 0.05) is 42.5 Å². The fourth-order valence-corrected chi connectivity index (χ4v) is 4.18. The number of anilines is 1. The Morgan fingerprint density at radius 2 is 1.66 bits per heavy atom. The Hall–Kier alpha value is -2.51. The molecular formula is C22H19Br2N3O2. The predicted octanol–water partition coefficient (Wildman–Crippen LogP) is 6.27. The molecule has 0 saturated heterocycles. The van der Waals surface area contributed by atoms with Crippen molar-refractivity contribution < 1.29 is 9.94 Å². The van der Waals surface area contributed by atoms with Gasteiger partial charge >= 0.3 is 0 Å². The zero-order chi connectivity index (χ0) is 20.4. The highest BCUT2D eigenvalue weighted by atomic mass is 79.9. The minimum Gasteiger partial charge on any atom is -0.497 e. The number of hydrogen-bond donors (Lipinski definition) is 2. The molecule has 0 aliphatic carbocycles. The molecule has 4 aromatic rings. The number of nitrogens with one attached hydrogen (secondary N) is 1. The molecule has 3 aromatic carbocycles. The summed E-state index contributed by atoms with van der Waals surface area (Å²) in [7, 11) is 1.64. The maximum atomic E-state index is 9.63. The molecule has 0 amide bonds. The number of nitrogens with zero attached hydrogens (tertiary/aromatic N) is 2. The Kier molecular flexibility index (Phi) is 5.78. The van der Waals surface area contributed by atoms with Crippen LogP contribution in [0.5, 0.6) is 5.75 Å². The van der Waals surface area contributed by atoms with Gasteiger partial charge in [0.1, 0.15) is 5.75 Å². The first kappa shape index (κ1) is 19.8. The lowest BCUT2D eigenvalue weighted by Crippen LogP contribution is -2.20. The number of fused-ring (bicyclic) bond motifs is 3. The first-order valence-corrected chi connectivity index (χ1v) is 10.6. The number of benzene rings is 3. The molecule has 0 aliphatic heterocycles. The predicted molar refractivity (Wildman–Crippen MR) is 126 cm³/mol. The minimum absolute atomic E-state index is 0.415. The summed E-state index contributed by atoms with van der Waals surface area (Å²) in [6.07, 6.45) is 0. The van der Waals surface area contributed by atoms with Crippen LogP contribution in [0.1, 0.15) is 0 Å². The lowest BCUT2D eigenvalue weighted by molar-refractivity contribution is 0.316. The van der Waals surface area contributed by atoms with Crippen molar-refractivity contribution in [3.05, 3.63) is 69.6 Å². The average Bonchev–Trinajstić information content (AvgIpc) is 3.03. The monoisotopic (exact) mass is 515 g/mol. The van der Waals surface area contributed by atoms with Crippen molar-refractivity contribution in [1.82, 2.24) is 4.57 Å². The Bertz CT molecular complexity index is 1160. The SMILES string of the molecule is COc1cccc(NC/C(Cn2c3ccc(Br)cc3c3cc(Br)ccc32)=N\O)c1. The smallest absolute Gasteiger partial charge is 0.120 e. The second kappa shape index (κ2) is 8.47. The van der Waals surface area contributed by atoms with Crippen molar-refractivity contribution in [3.63, 3.8) is 0 Å². The molecule has 1 aromatic heterocycles. The van der Waals surface area contributed by atoms with Gasteiger partial charge in [-0.3, -0.25) is 0 Å². The summed E-state index contributed by atoms with van der Waals surface area (Å²) in [5, 5.41) is 18.8. The van der Waals surface area contributed by atoms with Crippen molar-refractivity contribution in [1.29, 1.82) is 0 Å². The van der Waals surface area contributed by atoms with Gasteiger partial charge < -0.3 is 19.8 Å². The third kappa shape index (κ3) is 4.11. The zero-order valence-corrected chi connectivity index (χ0v) is 18.9. The number of rotatable bonds is 6. The van der Waals surface area contributed by atoms with Gasteiger partial charge in [-0.1, -0.05) is 43.1 Å². The highest BCUT2D eigenvalue weighted by molar-refractivity contribution is 9.10. The van der Waals surface area contributed by atoms with Crippen LogP contribution in [0.3, 0.4) is 0 Å². The Balaban J connectivity index is 1.66. The molecule has 0 fully saturated rings. The van der Waals surface area contributed by atoms with Crippen LogP contribution in [0.15, 0.2) is 74.8 Å². The van der Waals surface area contributed by atoms with E-state index in [4.69, 9.17) is 4.74 Å². The van der Waals surface area contributed by atoms with Crippen molar-refractivity contribution >= 4 is 65.1 Å². The normalized spacial score (nSPS) is 11.9. The van der Waals surface area contributed by atoms with Crippen LogP contribution in [-0.4, -0.2) is 29.1 Å². The van der Waals surface area contributed by atoms with Crippen molar-refractivity contribution in [2.24, 2.45) is 5.16 Å². The van der Waals surface area contributed by atoms with Gasteiger partial charge in [0.2, 0.25) is 0 Å². The topological polar surface area (TPSA) is 58.8 Å². The molecule has 0 aliphatic rings. The van der Waals surface area contributed by atoms with Crippen LogP contribution in [0.2, 0.25) is 0 Å². The van der Waals surface area contributed by atoms with Crippen molar-refractivity contribution in [3.8, 4) is 5.75 Å². The molecule has 0 radical (unpaired) electrons. The van der Waals surface area contributed by atoms with E-state index in [0.29, 0.717) is 18.8 Å². The maximum absolute atomic E-state index is 9.63. The van der Waals surface area contributed by atoms with E-state index in [0.717, 1.165) is 42.2 Å². The van der Waals surface area contributed by atoms with Crippen LogP contribution in [-0.2, 0) is 6.54 Å². The first-order valence-electron chi connectivity index (χ1n) is 9.04. The lowest BCUT2D eigenvalue weighted by atomic mass is 10.2. The summed E-state index contributed by atoms with van der Waals surface area (Å²) < 4.78 is 9.49. The van der Waals surface area contributed by atoms with Crippen LogP contribution in [0.25, 0.3) is 21.8 Å². The van der Waals surface area contributed by atoms with E-state index >= 15 is 0 Å².